The maximum Gasteiger partial charge on any atom is 0.300 e. The van der Waals surface area contributed by atoms with Crippen LogP contribution >= 0.6 is 23.2 Å². The van der Waals surface area contributed by atoms with Crippen molar-refractivity contribution in [1.29, 1.82) is 5.26 Å². The summed E-state index contributed by atoms with van der Waals surface area (Å²) in [7, 11) is 0. The lowest BCUT2D eigenvalue weighted by Gasteiger charge is -2.15. The van der Waals surface area contributed by atoms with Gasteiger partial charge in [0, 0.05) is 27.2 Å². The minimum Gasteiger partial charge on any atom is -0.315 e. The number of carbonyl (C=O) groups is 1. The molecule has 0 aliphatic rings. The molecule has 0 aliphatic heterocycles. The molecule has 0 bridgehead atoms. The van der Waals surface area contributed by atoms with Crippen molar-refractivity contribution in [3.05, 3.63) is 99.0 Å². The van der Waals surface area contributed by atoms with Crippen molar-refractivity contribution in [2.75, 3.05) is 5.32 Å². The van der Waals surface area contributed by atoms with Crippen molar-refractivity contribution in [3.8, 4) is 17.9 Å². The van der Waals surface area contributed by atoms with Gasteiger partial charge in [0.15, 0.2) is 0 Å². The van der Waals surface area contributed by atoms with E-state index in [1.54, 1.807) is 30.3 Å². The molecule has 0 aromatic heterocycles. The summed E-state index contributed by atoms with van der Waals surface area (Å²) >= 11 is 12.4. The van der Waals surface area contributed by atoms with Gasteiger partial charge in [0.2, 0.25) is 0 Å². The Kier molecular flexibility index (Phi) is 6.57. The molecule has 0 saturated heterocycles. The van der Waals surface area contributed by atoms with E-state index in [9.17, 15) is 10.1 Å². The smallest absolute Gasteiger partial charge is 0.300 e. The number of nitrogens with one attached hydrogen (secondary N) is 1. The van der Waals surface area contributed by atoms with Crippen LogP contribution in [0.3, 0.4) is 0 Å². The van der Waals surface area contributed by atoms with E-state index in [0.717, 1.165) is 16.7 Å². The first-order valence-electron chi connectivity index (χ1n) is 8.81. The highest BCUT2D eigenvalue weighted by Crippen LogP contribution is 2.34. The average Bonchev–Trinajstić information content (AvgIpc) is 2.72. The number of aryl methyl sites for hydroxylation is 1. The highest BCUT2D eigenvalue weighted by atomic mass is 35.5. The molecule has 0 fully saturated rings. The van der Waals surface area contributed by atoms with E-state index in [-0.39, 0.29) is 0 Å². The number of hydrogen-bond acceptors (Lipinski definition) is 2. The number of anilines is 1. The highest BCUT2D eigenvalue weighted by molar-refractivity contribution is 6.32. The largest absolute Gasteiger partial charge is 0.315 e. The Morgan fingerprint density at radius 2 is 1.72 bits per heavy atom. The number of halogens is 2. The zero-order valence-electron chi connectivity index (χ0n) is 15.5. The second-order valence-electron chi connectivity index (χ2n) is 6.37. The van der Waals surface area contributed by atoms with Gasteiger partial charge in [0.25, 0.3) is 0 Å². The summed E-state index contributed by atoms with van der Waals surface area (Å²) in [6.45, 7) is 1.84. The van der Waals surface area contributed by atoms with Crippen molar-refractivity contribution in [3.63, 3.8) is 0 Å². The average molecular weight is 419 g/mol. The van der Waals surface area contributed by atoms with Crippen LogP contribution in [0.4, 0.5) is 5.69 Å². The molecule has 1 amide bonds. The van der Waals surface area contributed by atoms with E-state index in [1.807, 2.05) is 43.3 Å². The molecule has 29 heavy (non-hydrogen) atoms. The molecule has 142 valence electrons. The van der Waals surface area contributed by atoms with Crippen LogP contribution in [0.15, 0.2) is 66.7 Å². The topological polar surface area (TPSA) is 52.9 Å². The van der Waals surface area contributed by atoms with Crippen LogP contribution in [-0.2, 0) is 4.79 Å². The molecule has 1 unspecified atom stereocenters. The van der Waals surface area contributed by atoms with E-state index in [4.69, 9.17) is 23.2 Å². The van der Waals surface area contributed by atoms with Crippen molar-refractivity contribution < 1.29 is 4.79 Å². The van der Waals surface area contributed by atoms with Crippen LogP contribution in [0.1, 0.15) is 28.2 Å². The third kappa shape index (κ3) is 5.18. The Morgan fingerprint density at radius 1 is 1.03 bits per heavy atom. The van der Waals surface area contributed by atoms with Gasteiger partial charge in [0.05, 0.1) is 12.0 Å². The molecule has 0 spiro atoms. The third-order valence-electron chi connectivity index (χ3n) is 4.33. The highest BCUT2D eigenvalue weighted by Gasteiger charge is 2.18. The Morgan fingerprint density at radius 3 is 2.38 bits per heavy atom. The Labute approximate surface area is 179 Å². The van der Waals surface area contributed by atoms with Gasteiger partial charge in [-0.3, -0.25) is 4.79 Å². The number of nitrogens with zero attached hydrogens (tertiary/aromatic N) is 1. The quantitative estimate of drug-likeness (QED) is 0.534. The Balaban J connectivity index is 1.84. The van der Waals surface area contributed by atoms with Crippen LogP contribution < -0.4 is 5.32 Å². The lowest BCUT2D eigenvalue weighted by Crippen LogP contribution is -2.10. The first-order chi connectivity index (χ1) is 14.0. The maximum atomic E-state index is 12.2. The zero-order chi connectivity index (χ0) is 20.8. The molecule has 5 heteroatoms. The number of amides is 1. The van der Waals surface area contributed by atoms with Crippen LogP contribution in [0.5, 0.6) is 0 Å². The van der Waals surface area contributed by atoms with E-state index >= 15 is 0 Å². The van der Waals surface area contributed by atoms with E-state index < -0.39 is 11.8 Å². The summed E-state index contributed by atoms with van der Waals surface area (Å²) in [5.41, 5.74) is 3.56. The molecule has 0 radical (unpaired) electrons. The molecule has 3 aromatic rings. The first kappa shape index (κ1) is 20.5. The summed E-state index contributed by atoms with van der Waals surface area (Å²) in [4.78, 5) is 12.2. The zero-order valence-corrected chi connectivity index (χ0v) is 17.1. The molecular weight excluding hydrogens is 403 g/mol. The second kappa shape index (κ2) is 9.30. The van der Waals surface area contributed by atoms with Gasteiger partial charge in [-0.2, -0.15) is 5.26 Å². The summed E-state index contributed by atoms with van der Waals surface area (Å²) in [6.07, 6.45) is 0. The van der Waals surface area contributed by atoms with Crippen LogP contribution in [0.2, 0.25) is 10.0 Å². The lowest BCUT2D eigenvalue weighted by atomic mass is 9.91. The number of carbonyl (C=O) groups excluding carboxylic acids is 1. The maximum absolute atomic E-state index is 12.2. The monoisotopic (exact) mass is 418 g/mol. The van der Waals surface area contributed by atoms with Gasteiger partial charge in [-0.15, -0.1) is 0 Å². The molecule has 0 aliphatic carbocycles. The number of hydrogen-bond donors (Lipinski definition) is 1. The fourth-order valence-electron chi connectivity index (χ4n) is 2.84. The Hall–Kier alpha value is -3.24. The predicted octanol–water partition coefficient (Wildman–Crippen LogP) is 5.95. The summed E-state index contributed by atoms with van der Waals surface area (Å²) in [5, 5.41) is 13.4. The SMILES string of the molecule is Cc1cc(C(C#N)c2ccc(Cl)cc2)c(Cl)cc1NC(=O)C#Cc1ccccc1. The van der Waals surface area contributed by atoms with Crippen LogP contribution in [-0.4, -0.2) is 5.91 Å². The lowest BCUT2D eigenvalue weighted by molar-refractivity contribution is -0.111. The van der Waals surface area contributed by atoms with Crippen molar-refractivity contribution in [2.24, 2.45) is 0 Å². The van der Waals surface area contributed by atoms with Gasteiger partial charge in [-0.25, -0.2) is 0 Å². The Bertz CT molecular complexity index is 1140. The summed E-state index contributed by atoms with van der Waals surface area (Å²) in [6, 6.07) is 22.1. The normalized spacial score (nSPS) is 11.0. The number of rotatable bonds is 3. The first-order valence-corrected chi connectivity index (χ1v) is 9.56. The molecule has 0 saturated carbocycles. The van der Waals surface area contributed by atoms with Gasteiger partial charge in [0.1, 0.15) is 0 Å². The molecule has 0 heterocycles. The van der Waals surface area contributed by atoms with Gasteiger partial charge in [-0.05, 0) is 53.9 Å². The van der Waals surface area contributed by atoms with Crippen molar-refractivity contribution >= 4 is 34.8 Å². The molecule has 3 nitrogen and oxygen atoms in total. The summed E-state index contributed by atoms with van der Waals surface area (Å²) < 4.78 is 0. The minimum atomic E-state index is -0.541. The molecule has 3 rings (SSSR count). The summed E-state index contributed by atoms with van der Waals surface area (Å²) in [5.74, 6) is 4.40. The van der Waals surface area contributed by atoms with E-state index in [1.165, 1.54) is 0 Å². The molecule has 1 N–H and O–H groups in total. The van der Waals surface area contributed by atoms with Crippen molar-refractivity contribution in [1.82, 2.24) is 0 Å². The molecule has 3 aromatic carbocycles. The molecular formula is C24H16Cl2N2O. The van der Waals surface area contributed by atoms with Crippen LogP contribution in [0.25, 0.3) is 0 Å². The van der Waals surface area contributed by atoms with Gasteiger partial charge >= 0.3 is 5.91 Å². The van der Waals surface area contributed by atoms with Gasteiger partial charge < -0.3 is 5.32 Å². The third-order valence-corrected chi connectivity index (χ3v) is 4.91. The standard InChI is InChI=1S/C24H16Cl2N2O/c1-16-13-20(21(15-27)18-8-10-19(25)11-9-18)22(26)14-23(16)28-24(29)12-7-17-5-3-2-4-6-17/h2-6,8-11,13-14,21H,1H3,(H,28,29). The number of nitriles is 1. The molecule has 1 atom stereocenters. The van der Waals surface area contributed by atoms with E-state index in [2.05, 4.69) is 23.2 Å². The van der Waals surface area contributed by atoms with Gasteiger partial charge in [-0.1, -0.05) is 65.5 Å². The van der Waals surface area contributed by atoms with Crippen LogP contribution in [0, 0.1) is 30.1 Å². The number of benzene rings is 3. The van der Waals surface area contributed by atoms with Crippen molar-refractivity contribution in [2.45, 2.75) is 12.8 Å². The predicted molar refractivity (Wildman–Crippen MR) is 117 cm³/mol. The fourth-order valence-corrected chi connectivity index (χ4v) is 3.24. The van der Waals surface area contributed by atoms with E-state index in [0.29, 0.717) is 21.3 Å². The minimum absolute atomic E-state index is 0.392. The second-order valence-corrected chi connectivity index (χ2v) is 7.22. The fraction of sp³-hybridized carbons (Fsp3) is 0.0833.